The Labute approximate surface area is 284 Å². The van der Waals surface area contributed by atoms with Crippen LogP contribution in [-0.4, -0.2) is 0 Å². The number of rotatable bonds is 3. The van der Waals surface area contributed by atoms with Crippen LogP contribution >= 0.6 is 0 Å². The van der Waals surface area contributed by atoms with E-state index < -0.39 is 5.41 Å². The summed E-state index contributed by atoms with van der Waals surface area (Å²) in [5.74, 6) is 0. The third-order valence-electron chi connectivity index (χ3n) is 10.8. The lowest BCUT2D eigenvalue weighted by atomic mass is 9.70. The van der Waals surface area contributed by atoms with E-state index >= 15 is 0 Å². The average molecular weight is 624 g/mol. The Morgan fingerprint density at radius 2 is 0.980 bits per heavy atom. The van der Waals surface area contributed by atoms with Gasteiger partial charge in [-0.3, -0.25) is 0 Å². The molecule has 9 aromatic rings. The van der Waals surface area contributed by atoms with Gasteiger partial charge in [-0.15, -0.1) is 0 Å². The molecule has 1 spiro atoms. The predicted molar refractivity (Wildman–Crippen MR) is 202 cm³/mol. The standard InChI is InChI=1S/C47H29NO/c1-2-16-31(17-3-1)48(42-29-30-15-4-5-18-32(30)44-37-22-9-13-28-43(37)49-46(42)44)41-27-14-23-36-35-21-8-12-26-40(35)47(45(36)41)38-24-10-6-19-33(38)34-20-7-11-25-39(34)47/h1-29H. The molecule has 2 heteroatoms. The number of hydrogen-bond acceptors (Lipinski definition) is 2. The van der Waals surface area contributed by atoms with Gasteiger partial charge >= 0.3 is 0 Å². The molecule has 2 aliphatic rings. The lowest BCUT2D eigenvalue weighted by Gasteiger charge is -2.35. The fourth-order valence-corrected chi connectivity index (χ4v) is 9.03. The van der Waals surface area contributed by atoms with Crippen LogP contribution in [0.25, 0.3) is 55.0 Å². The second-order valence-corrected chi connectivity index (χ2v) is 13.2. The molecule has 1 heterocycles. The molecule has 0 amide bonds. The van der Waals surface area contributed by atoms with Crippen molar-refractivity contribution in [1.29, 1.82) is 0 Å². The van der Waals surface area contributed by atoms with Crippen LogP contribution < -0.4 is 4.90 Å². The first kappa shape index (κ1) is 26.7. The molecule has 0 aliphatic heterocycles. The van der Waals surface area contributed by atoms with E-state index in [-0.39, 0.29) is 0 Å². The predicted octanol–water partition coefficient (Wildman–Crippen LogP) is 12.6. The fraction of sp³-hybridized carbons (Fsp3) is 0.0213. The van der Waals surface area contributed by atoms with Gasteiger partial charge in [0.05, 0.1) is 16.8 Å². The minimum absolute atomic E-state index is 0.493. The Morgan fingerprint density at radius 1 is 0.429 bits per heavy atom. The van der Waals surface area contributed by atoms with Crippen LogP contribution in [0, 0.1) is 0 Å². The van der Waals surface area contributed by atoms with Crippen LogP contribution in [0.5, 0.6) is 0 Å². The van der Waals surface area contributed by atoms with Gasteiger partial charge in [-0.25, -0.2) is 0 Å². The topological polar surface area (TPSA) is 16.4 Å². The number of fused-ring (bicyclic) bond motifs is 15. The average Bonchev–Trinajstić information content (AvgIpc) is 3.81. The summed E-state index contributed by atoms with van der Waals surface area (Å²) in [6, 6.07) is 64.1. The number of anilines is 3. The van der Waals surface area contributed by atoms with Crippen LogP contribution in [0.3, 0.4) is 0 Å². The molecule has 0 unspecified atom stereocenters. The summed E-state index contributed by atoms with van der Waals surface area (Å²) < 4.78 is 6.88. The third-order valence-corrected chi connectivity index (χ3v) is 10.8. The highest BCUT2D eigenvalue weighted by atomic mass is 16.3. The molecule has 0 fully saturated rings. The zero-order chi connectivity index (χ0) is 32.1. The monoisotopic (exact) mass is 623 g/mol. The molecule has 0 radical (unpaired) electrons. The number of benzene rings is 8. The SMILES string of the molecule is c1ccc(N(c2cccc3c2C2(c4ccccc4-c4ccccc42)c2ccccc2-3)c2cc3ccccc3c3c2oc2ccccc23)cc1. The van der Waals surface area contributed by atoms with Gasteiger partial charge in [0.2, 0.25) is 0 Å². The van der Waals surface area contributed by atoms with Crippen molar-refractivity contribution < 1.29 is 4.42 Å². The van der Waals surface area contributed by atoms with Gasteiger partial charge in [0.1, 0.15) is 5.58 Å². The van der Waals surface area contributed by atoms with Gasteiger partial charge in [-0.1, -0.05) is 146 Å². The zero-order valence-corrected chi connectivity index (χ0v) is 26.6. The van der Waals surface area contributed by atoms with E-state index in [0.29, 0.717) is 0 Å². The quantitative estimate of drug-likeness (QED) is 0.195. The summed E-state index contributed by atoms with van der Waals surface area (Å²) in [7, 11) is 0. The summed E-state index contributed by atoms with van der Waals surface area (Å²) in [5.41, 5.74) is 15.0. The smallest absolute Gasteiger partial charge is 0.160 e. The van der Waals surface area contributed by atoms with Crippen molar-refractivity contribution >= 4 is 49.8 Å². The number of furan rings is 1. The number of para-hydroxylation sites is 2. The molecule has 228 valence electrons. The number of hydrogen-bond donors (Lipinski definition) is 0. The molecular weight excluding hydrogens is 595 g/mol. The van der Waals surface area contributed by atoms with Crippen molar-refractivity contribution in [2.24, 2.45) is 0 Å². The maximum Gasteiger partial charge on any atom is 0.160 e. The van der Waals surface area contributed by atoms with Crippen molar-refractivity contribution in [3.05, 3.63) is 198 Å². The van der Waals surface area contributed by atoms with E-state index in [4.69, 9.17) is 4.42 Å². The Balaban J connectivity index is 1.32. The molecule has 2 nitrogen and oxygen atoms in total. The molecule has 49 heavy (non-hydrogen) atoms. The van der Waals surface area contributed by atoms with Crippen molar-refractivity contribution in [1.82, 2.24) is 0 Å². The zero-order valence-electron chi connectivity index (χ0n) is 26.6. The first-order valence-corrected chi connectivity index (χ1v) is 16.9. The summed E-state index contributed by atoms with van der Waals surface area (Å²) in [6.07, 6.45) is 0. The summed E-state index contributed by atoms with van der Waals surface area (Å²) >= 11 is 0. The minimum Gasteiger partial charge on any atom is -0.454 e. The first-order chi connectivity index (χ1) is 24.3. The Bertz CT molecular complexity index is 2730. The lowest BCUT2D eigenvalue weighted by Crippen LogP contribution is -2.28. The minimum atomic E-state index is -0.493. The number of nitrogens with zero attached hydrogens (tertiary/aromatic N) is 1. The normalized spacial score (nSPS) is 13.5. The van der Waals surface area contributed by atoms with Crippen molar-refractivity contribution in [2.45, 2.75) is 5.41 Å². The molecular formula is C47H29NO. The second-order valence-electron chi connectivity index (χ2n) is 13.2. The highest BCUT2D eigenvalue weighted by molar-refractivity contribution is 6.23. The van der Waals surface area contributed by atoms with Gasteiger partial charge in [-0.05, 0) is 80.0 Å². The maximum absolute atomic E-state index is 6.88. The second kappa shape index (κ2) is 9.82. The molecule has 2 aliphatic carbocycles. The Morgan fingerprint density at radius 3 is 1.69 bits per heavy atom. The summed E-state index contributed by atoms with van der Waals surface area (Å²) in [6.45, 7) is 0. The largest absolute Gasteiger partial charge is 0.454 e. The van der Waals surface area contributed by atoms with Crippen molar-refractivity contribution in [2.75, 3.05) is 4.90 Å². The van der Waals surface area contributed by atoms with Crippen LogP contribution in [-0.2, 0) is 5.41 Å². The van der Waals surface area contributed by atoms with Gasteiger partial charge in [-0.2, -0.15) is 0 Å². The first-order valence-electron chi connectivity index (χ1n) is 16.9. The molecule has 0 N–H and O–H groups in total. The van der Waals surface area contributed by atoms with Crippen LogP contribution in [0.1, 0.15) is 22.3 Å². The molecule has 0 bridgehead atoms. The van der Waals surface area contributed by atoms with Crippen LogP contribution in [0.2, 0.25) is 0 Å². The van der Waals surface area contributed by atoms with Crippen LogP contribution in [0.15, 0.2) is 180 Å². The van der Waals surface area contributed by atoms with Crippen molar-refractivity contribution in [3.8, 4) is 22.3 Å². The summed E-state index contributed by atoms with van der Waals surface area (Å²) in [5, 5.41) is 4.65. The van der Waals surface area contributed by atoms with Gasteiger partial charge in [0, 0.05) is 22.0 Å². The maximum atomic E-state index is 6.88. The molecule has 1 aromatic heterocycles. The van der Waals surface area contributed by atoms with Gasteiger partial charge in [0.25, 0.3) is 0 Å². The molecule has 0 saturated carbocycles. The lowest BCUT2D eigenvalue weighted by molar-refractivity contribution is 0.669. The van der Waals surface area contributed by atoms with Crippen LogP contribution in [0.4, 0.5) is 17.1 Å². The Hall–Kier alpha value is -6.38. The molecule has 0 atom stereocenters. The molecule has 11 rings (SSSR count). The highest BCUT2D eigenvalue weighted by Gasteiger charge is 2.53. The van der Waals surface area contributed by atoms with E-state index in [1.165, 1.54) is 55.3 Å². The van der Waals surface area contributed by atoms with E-state index in [9.17, 15) is 0 Å². The van der Waals surface area contributed by atoms with Crippen molar-refractivity contribution in [3.63, 3.8) is 0 Å². The van der Waals surface area contributed by atoms with E-state index in [1.807, 2.05) is 0 Å². The summed E-state index contributed by atoms with van der Waals surface area (Å²) in [4.78, 5) is 2.45. The van der Waals surface area contributed by atoms with E-state index in [0.717, 1.165) is 39.0 Å². The van der Waals surface area contributed by atoms with Gasteiger partial charge in [0.15, 0.2) is 5.58 Å². The molecule has 0 saturated heterocycles. The van der Waals surface area contributed by atoms with E-state index in [2.05, 4.69) is 181 Å². The Kier molecular flexibility index (Phi) is 5.34. The fourth-order valence-electron chi connectivity index (χ4n) is 9.03. The third kappa shape index (κ3) is 3.40. The molecule has 8 aromatic carbocycles. The van der Waals surface area contributed by atoms with E-state index in [1.54, 1.807) is 0 Å². The highest BCUT2D eigenvalue weighted by Crippen LogP contribution is 2.65. The van der Waals surface area contributed by atoms with Gasteiger partial charge < -0.3 is 9.32 Å².